The van der Waals surface area contributed by atoms with E-state index < -0.39 is 5.54 Å². The Kier molecular flexibility index (Phi) is 5.63. The zero-order chi connectivity index (χ0) is 16.0. The Morgan fingerprint density at radius 3 is 2.50 bits per heavy atom. The van der Waals surface area contributed by atoms with E-state index in [1.54, 1.807) is 7.11 Å². The summed E-state index contributed by atoms with van der Waals surface area (Å²) in [7, 11) is 1.62. The predicted octanol–water partition coefficient (Wildman–Crippen LogP) is 1.09. The highest BCUT2D eigenvalue weighted by molar-refractivity contribution is 5.86. The van der Waals surface area contributed by atoms with Gasteiger partial charge in [0.1, 0.15) is 17.6 Å². The van der Waals surface area contributed by atoms with Crippen LogP contribution in [0.2, 0.25) is 0 Å². The van der Waals surface area contributed by atoms with Gasteiger partial charge in [-0.15, -0.1) is 0 Å². The second kappa shape index (κ2) is 7.47. The maximum Gasteiger partial charge on any atom is 0.240 e. The Morgan fingerprint density at radius 2 is 1.91 bits per heavy atom. The number of methoxy groups -OCH3 is 1. The number of ether oxygens (including phenoxy) is 3. The van der Waals surface area contributed by atoms with Crippen LogP contribution in [0.5, 0.6) is 11.5 Å². The minimum absolute atomic E-state index is 0.138. The second-order valence-corrected chi connectivity index (χ2v) is 5.58. The standard InChI is InChI=1S/C16H24N2O4/c1-12(22-14-5-3-13(20-2)4-6-14)11-18-15(19)16(17)7-9-21-10-8-16/h3-6,12H,7-11,17H2,1-2H3,(H,18,19). The Balaban J connectivity index is 1.79. The number of hydrogen-bond donors (Lipinski definition) is 2. The number of rotatable bonds is 6. The van der Waals surface area contributed by atoms with Gasteiger partial charge in [0.25, 0.3) is 0 Å². The first-order valence-electron chi connectivity index (χ1n) is 7.49. The van der Waals surface area contributed by atoms with Gasteiger partial charge in [0.15, 0.2) is 0 Å². The topological polar surface area (TPSA) is 82.8 Å². The molecule has 1 atom stereocenters. The monoisotopic (exact) mass is 308 g/mol. The Hall–Kier alpha value is -1.79. The summed E-state index contributed by atoms with van der Waals surface area (Å²) in [6.07, 6.45) is 0.944. The lowest BCUT2D eigenvalue weighted by atomic mass is 9.90. The van der Waals surface area contributed by atoms with E-state index in [1.165, 1.54) is 0 Å². The van der Waals surface area contributed by atoms with E-state index in [2.05, 4.69) is 5.32 Å². The maximum absolute atomic E-state index is 12.2. The Bertz CT molecular complexity index is 483. The van der Waals surface area contributed by atoms with E-state index in [9.17, 15) is 4.79 Å². The molecule has 22 heavy (non-hydrogen) atoms. The molecule has 0 aromatic heterocycles. The van der Waals surface area contributed by atoms with Crippen molar-refractivity contribution in [2.75, 3.05) is 26.9 Å². The number of hydrogen-bond acceptors (Lipinski definition) is 5. The van der Waals surface area contributed by atoms with E-state index in [1.807, 2.05) is 31.2 Å². The highest BCUT2D eigenvalue weighted by Crippen LogP contribution is 2.19. The van der Waals surface area contributed by atoms with Gasteiger partial charge in [-0.05, 0) is 44.0 Å². The van der Waals surface area contributed by atoms with Gasteiger partial charge < -0.3 is 25.3 Å². The highest BCUT2D eigenvalue weighted by atomic mass is 16.5. The normalized spacial score (nSPS) is 18.3. The van der Waals surface area contributed by atoms with Gasteiger partial charge >= 0.3 is 0 Å². The van der Waals surface area contributed by atoms with Crippen LogP contribution < -0.4 is 20.5 Å². The molecule has 1 fully saturated rings. The van der Waals surface area contributed by atoms with Crippen LogP contribution in [-0.2, 0) is 9.53 Å². The summed E-state index contributed by atoms with van der Waals surface area (Å²) in [6, 6.07) is 7.33. The summed E-state index contributed by atoms with van der Waals surface area (Å²) in [5, 5.41) is 2.87. The number of amides is 1. The van der Waals surface area contributed by atoms with Crippen LogP contribution in [-0.4, -0.2) is 44.4 Å². The third-order valence-electron chi connectivity index (χ3n) is 3.78. The number of nitrogens with one attached hydrogen (secondary N) is 1. The van der Waals surface area contributed by atoms with Crippen LogP contribution in [0.25, 0.3) is 0 Å². The maximum atomic E-state index is 12.2. The summed E-state index contributed by atoms with van der Waals surface area (Å²) in [5.74, 6) is 1.37. The lowest BCUT2D eigenvalue weighted by molar-refractivity contribution is -0.130. The minimum atomic E-state index is -0.821. The molecule has 0 bridgehead atoms. The molecule has 1 aromatic rings. The van der Waals surface area contributed by atoms with Crippen molar-refractivity contribution in [3.63, 3.8) is 0 Å². The van der Waals surface area contributed by atoms with Gasteiger partial charge in [0.2, 0.25) is 5.91 Å². The molecule has 0 radical (unpaired) electrons. The highest BCUT2D eigenvalue weighted by Gasteiger charge is 2.35. The number of carbonyl (C=O) groups is 1. The molecule has 3 N–H and O–H groups in total. The molecule has 0 aliphatic carbocycles. The third kappa shape index (κ3) is 4.35. The molecule has 1 saturated heterocycles. The van der Waals surface area contributed by atoms with Crippen molar-refractivity contribution in [3.8, 4) is 11.5 Å². The molecule has 1 unspecified atom stereocenters. The molecule has 6 nitrogen and oxygen atoms in total. The quantitative estimate of drug-likeness (QED) is 0.822. The smallest absolute Gasteiger partial charge is 0.240 e. The van der Waals surface area contributed by atoms with Crippen molar-refractivity contribution in [2.24, 2.45) is 5.73 Å². The van der Waals surface area contributed by atoms with E-state index in [4.69, 9.17) is 19.9 Å². The summed E-state index contributed by atoms with van der Waals surface area (Å²) in [6.45, 7) is 3.37. The fourth-order valence-corrected chi connectivity index (χ4v) is 2.30. The molecule has 2 rings (SSSR count). The van der Waals surface area contributed by atoms with Crippen molar-refractivity contribution < 1.29 is 19.0 Å². The van der Waals surface area contributed by atoms with E-state index in [-0.39, 0.29) is 12.0 Å². The van der Waals surface area contributed by atoms with Crippen molar-refractivity contribution >= 4 is 5.91 Å². The first kappa shape index (κ1) is 16.6. The Labute approximate surface area is 130 Å². The van der Waals surface area contributed by atoms with Crippen LogP contribution in [0.4, 0.5) is 0 Å². The van der Waals surface area contributed by atoms with Crippen LogP contribution in [0.3, 0.4) is 0 Å². The molecule has 1 aromatic carbocycles. The summed E-state index contributed by atoms with van der Waals surface area (Å²) < 4.78 is 16.1. The lowest BCUT2D eigenvalue weighted by Gasteiger charge is -2.32. The van der Waals surface area contributed by atoms with Crippen molar-refractivity contribution in [1.82, 2.24) is 5.32 Å². The fraction of sp³-hybridized carbons (Fsp3) is 0.562. The van der Waals surface area contributed by atoms with E-state index >= 15 is 0 Å². The van der Waals surface area contributed by atoms with E-state index in [0.29, 0.717) is 32.6 Å². The average molecular weight is 308 g/mol. The van der Waals surface area contributed by atoms with Gasteiger partial charge in [-0.2, -0.15) is 0 Å². The molecular formula is C16H24N2O4. The SMILES string of the molecule is COc1ccc(OC(C)CNC(=O)C2(N)CCOCC2)cc1. The number of benzene rings is 1. The molecule has 122 valence electrons. The van der Waals surface area contributed by atoms with Crippen LogP contribution >= 0.6 is 0 Å². The number of nitrogens with two attached hydrogens (primary N) is 1. The van der Waals surface area contributed by atoms with Gasteiger partial charge in [-0.1, -0.05) is 0 Å². The van der Waals surface area contributed by atoms with Gasteiger partial charge in [0.05, 0.1) is 19.2 Å². The van der Waals surface area contributed by atoms with Gasteiger partial charge in [-0.25, -0.2) is 0 Å². The zero-order valence-electron chi connectivity index (χ0n) is 13.1. The lowest BCUT2D eigenvalue weighted by Crippen LogP contribution is -2.57. The average Bonchev–Trinajstić information content (AvgIpc) is 2.54. The first-order valence-corrected chi connectivity index (χ1v) is 7.49. The summed E-state index contributed by atoms with van der Waals surface area (Å²) in [4.78, 5) is 12.2. The molecule has 1 amide bonds. The molecule has 6 heteroatoms. The third-order valence-corrected chi connectivity index (χ3v) is 3.78. The van der Waals surface area contributed by atoms with Crippen molar-refractivity contribution in [2.45, 2.75) is 31.4 Å². The van der Waals surface area contributed by atoms with Crippen molar-refractivity contribution in [1.29, 1.82) is 0 Å². The largest absolute Gasteiger partial charge is 0.497 e. The van der Waals surface area contributed by atoms with E-state index in [0.717, 1.165) is 11.5 Å². The molecule has 1 heterocycles. The first-order chi connectivity index (χ1) is 10.5. The van der Waals surface area contributed by atoms with Crippen molar-refractivity contribution in [3.05, 3.63) is 24.3 Å². The van der Waals surface area contributed by atoms with Crippen LogP contribution in [0.15, 0.2) is 24.3 Å². The number of carbonyl (C=O) groups excluding carboxylic acids is 1. The minimum Gasteiger partial charge on any atom is -0.497 e. The molecule has 1 aliphatic heterocycles. The predicted molar refractivity (Wildman–Crippen MR) is 83.1 cm³/mol. The molecule has 0 spiro atoms. The zero-order valence-corrected chi connectivity index (χ0v) is 13.1. The molecular weight excluding hydrogens is 284 g/mol. The summed E-state index contributed by atoms with van der Waals surface area (Å²) >= 11 is 0. The second-order valence-electron chi connectivity index (χ2n) is 5.58. The van der Waals surface area contributed by atoms with Crippen LogP contribution in [0, 0.1) is 0 Å². The molecule has 0 saturated carbocycles. The summed E-state index contributed by atoms with van der Waals surface area (Å²) in [5.41, 5.74) is 5.31. The molecule has 1 aliphatic rings. The van der Waals surface area contributed by atoms with Gasteiger partial charge in [0, 0.05) is 13.2 Å². The Morgan fingerprint density at radius 1 is 1.32 bits per heavy atom. The van der Waals surface area contributed by atoms with Gasteiger partial charge in [-0.3, -0.25) is 4.79 Å². The fourth-order valence-electron chi connectivity index (χ4n) is 2.30. The van der Waals surface area contributed by atoms with Crippen LogP contribution in [0.1, 0.15) is 19.8 Å².